The van der Waals surface area contributed by atoms with E-state index in [0.29, 0.717) is 23.4 Å². The third-order valence-electron chi connectivity index (χ3n) is 5.60. The fourth-order valence-electron chi connectivity index (χ4n) is 3.93. The average Bonchev–Trinajstić information content (AvgIpc) is 2.80. The third-order valence-corrected chi connectivity index (χ3v) is 5.60. The predicted octanol–water partition coefficient (Wildman–Crippen LogP) is 4.88. The zero-order valence-corrected chi connectivity index (χ0v) is 17.9. The maximum atomic E-state index is 13.4. The van der Waals surface area contributed by atoms with E-state index in [1.165, 1.54) is 24.4 Å². The molecule has 0 spiro atoms. The number of alkyl halides is 2. The van der Waals surface area contributed by atoms with Crippen LogP contribution in [-0.2, 0) is 6.54 Å². The van der Waals surface area contributed by atoms with Crippen molar-refractivity contribution in [2.75, 3.05) is 13.1 Å². The number of rotatable bonds is 7. The number of amides is 1. The molecule has 1 fully saturated rings. The number of nitrogens with zero attached hydrogens (tertiary/aromatic N) is 2. The summed E-state index contributed by atoms with van der Waals surface area (Å²) in [5, 5.41) is 3.05. The standard InChI is InChI=1S/C25H24F3N3O2/c26-20-5-2-4-18(14-20)23-8-7-19(15-29-23)24(32)30-21-9-11-31(12-10-21)16-17-3-1-6-22(13-17)33-25(27)28/h1-8,13-15,21,25H,9-12,16H2,(H,30,32). The van der Waals surface area contributed by atoms with Crippen molar-refractivity contribution in [3.8, 4) is 17.0 Å². The minimum atomic E-state index is -2.84. The number of carbonyl (C=O) groups excluding carboxylic acids is 1. The minimum absolute atomic E-state index is 0.0464. The summed E-state index contributed by atoms with van der Waals surface area (Å²) >= 11 is 0. The highest BCUT2D eigenvalue weighted by molar-refractivity contribution is 5.94. The molecule has 0 bridgehead atoms. The summed E-state index contributed by atoms with van der Waals surface area (Å²) in [6, 6.07) is 16.3. The number of aromatic nitrogens is 1. The first-order valence-electron chi connectivity index (χ1n) is 10.8. The van der Waals surface area contributed by atoms with Crippen molar-refractivity contribution in [3.05, 3.63) is 83.8 Å². The lowest BCUT2D eigenvalue weighted by Gasteiger charge is -2.32. The van der Waals surface area contributed by atoms with Gasteiger partial charge in [0, 0.05) is 37.4 Å². The van der Waals surface area contributed by atoms with E-state index in [0.717, 1.165) is 31.5 Å². The van der Waals surface area contributed by atoms with Gasteiger partial charge in [-0.15, -0.1) is 0 Å². The van der Waals surface area contributed by atoms with Crippen LogP contribution in [0, 0.1) is 5.82 Å². The Morgan fingerprint density at radius 3 is 2.58 bits per heavy atom. The molecular formula is C25H24F3N3O2. The van der Waals surface area contributed by atoms with E-state index >= 15 is 0 Å². The van der Waals surface area contributed by atoms with E-state index in [1.54, 1.807) is 36.4 Å². The molecule has 0 atom stereocenters. The van der Waals surface area contributed by atoms with Crippen LogP contribution in [0.2, 0.25) is 0 Å². The van der Waals surface area contributed by atoms with Crippen LogP contribution in [0.15, 0.2) is 66.9 Å². The number of likely N-dealkylation sites (tertiary alicyclic amines) is 1. The monoisotopic (exact) mass is 455 g/mol. The Hall–Kier alpha value is -3.39. The molecule has 3 aromatic rings. The van der Waals surface area contributed by atoms with Gasteiger partial charge in [-0.25, -0.2) is 4.39 Å². The fraction of sp³-hybridized carbons (Fsp3) is 0.280. The summed E-state index contributed by atoms with van der Waals surface area (Å²) in [6.07, 6.45) is 3.07. The Morgan fingerprint density at radius 2 is 1.88 bits per heavy atom. The zero-order valence-electron chi connectivity index (χ0n) is 17.9. The number of pyridine rings is 1. The number of hydrogen-bond donors (Lipinski definition) is 1. The van der Waals surface area contributed by atoms with Crippen molar-refractivity contribution in [3.63, 3.8) is 0 Å². The molecule has 1 saturated heterocycles. The summed E-state index contributed by atoms with van der Waals surface area (Å²) in [6.45, 7) is -0.650. The van der Waals surface area contributed by atoms with Crippen molar-refractivity contribution in [2.24, 2.45) is 0 Å². The first kappa shape index (κ1) is 22.8. The van der Waals surface area contributed by atoms with Crippen LogP contribution in [0.1, 0.15) is 28.8 Å². The highest BCUT2D eigenvalue weighted by Crippen LogP contribution is 2.20. The number of piperidine rings is 1. The van der Waals surface area contributed by atoms with Gasteiger partial charge in [0.1, 0.15) is 11.6 Å². The molecular weight excluding hydrogens is 431 g/mol. The first-order valence-corrected chi connectivity index (χ1v) is 10.8. The van der Waals surface area contributed by atoms with Gasteiger partial charge < -0.3 is 10.1 Å². The van der Waals surface area contributed by atoms with Crippen LogP contribution in [0.25, 0.3) is 11.3 Å². The number of halogens is 3. The molecule has 1 amide bonds. The maximum absolute atomic E-state index is 13.4. The Bertz CT molecular complexity index is 1080. The smallest absolute Gasteiger partial charge is 0.387 e. The van der Waals surface area contributed by atoms with Gasteiger partial charge in [-0.05, 0) is 54.8 Å². The minimum Gasteiger partial charge on any atom is -0.435 e. The van der Waals surface area contributed by atoms with Crippen LogP contribution >= 0.6 is 0 Å². The van der Waals surface area contributed by atoms with Gasteiger partial charge in [-0.2, -0.15) is 8.78 Å². The number of nitrogens with one attached hydrogen (secondary N) is 1. The third kappa shape index (κ3) is 6.32. The zero-order chi connectivity index (χ0) is 23.2. The number of benzene rings is 2. The number of carbonyl (C=O) groups is 1. The van der Waals surface area contributed by atoms with E-state index in [2.05, 4.69) is 19.9 Å². The van der Waals surface area contributed by atoms with E-state index in [4.69, 9.17) is 0 Å². The molecule has 8 heteroatoms. The van der Waals surface area contributed by atoms with Gasteiger partial charge in [-0.1, -0.05) is 24.3 Å². The lowest BCUT2D eigenvalue weighted by molar-refractivity contribution is -0.0499. The second-order valence-corrected chi connectivity index (χ2v) is 7.99. The lowest BCUT2D eigenvalue weighted by Crippen LogP contribution is -2.44. The van der Waals surface area contributed by atoms with E-state index in [1.807, 2.05) is 6.07 Å². The molecule has 1 aromatic heterocycles. The maximum Gasteiger partial charge on any atom is 0.387 e. The van der Waals surface area contributed by atoms with E-state index in [9.17, 15) is 18.0 Å². The molecule has 2 aromatic carbocycles. The summed E-state index contributed by atoms with van der Waals surface area (Å²) in [5.41, 5.74) is 2.61. The molecule has 0 saturated carbocycles. The average molecular weight is 455 g/mol. The molecule has 0 aliphatic carbocycles. The van der Waals surface area contributed by atoms with Crippen molar-refractivity contribution < 1.29 is 22.7 Å². The van der Waals surface area contributed by atoms with Crippen molar-refractivity contribution in [2.45, 2.75) is 32.0 Å². The molecule has 2 heterocycles. The molecule has 1 aliphatic heterocycles. The second kappa shape index (κ2) is 10.5. The van der Waals surface area contributed by atoms with Crippen molar-refractivity contribution in [1.82, 2.24) is 15.2 Å². The summed E-state index contributed by atoms with van der Waals surface area (Å²) in [5.74, 6) is -0.373. The van der Waals surface area contributed by atoms with Gasteiger partial charge >= 0.3 is 6.61 Å². The Balaban J connectivity index is 1.27. The van der Waals surface area contributed by atoms with Crippen molar-refractivity contribution in [1.29, 1.82) is 0 Å². The summed E-state index contributed by atoms with van der Waals surface area (Å²) < 4.78 is 42.7. The Morgan fingerprint density at radius 1 is 1.09 bits per heavy atom. The second-order valence-electron chi connectivity index (χ2n) is 7.99. The molecule has 0 unspecified atom stereocenters. The van der Waals surface area contributed by atoms with Crippen LogP contribution in [0.3, 0.4) is 0 Å². The summed E-state index contributed by atoms with van der Waals surface area (Å²) in [7, 11) is 0. The van der Waals surface area contributed by atoms with Gasteiger partial charge in [-0.3, -0.25) is 14.7 Å². The molecule has 33 heavy (non-hydrogen) atoms. The molecule has 1 N–H and O–H groups in total. The van der Waals surface area contributed by atoms with Crippen molar-refractivity contribution >= 4 is 5.91 Å². The van der Waals surface area contributed by atoms with Gasteiger partial charge in [0.05, 0.1) is 11.3 Å². The van der Waals surface area contributed by atoms with Crippen LogP contribution in [0.5, 0.6) is 5.75 Å². The molecule has 172 valence electrons. The molecule has 1 aliphatic rings. The normalized spacial score (nSPS) is 14.9. The Kier molecular flexibility index (Phi) is 7.24. The Labute approximate surface area is 190 Å². The first-order chi connectivity index (χ1) is 16.0. The predicted molar refractivity (Wildman–Crippen MR) is 118 cm³/mol. The SMILES string of the molecule is O=C(NC1CCN(Cc2cccc(OC(F)F)c2)CC1)c1ccc(-c2cccc(F)c2)nc1. The quantitative estimate of drug-likeness (QED) is 0.552. The van der Waals surface area contributed by atoms with Gasteiger partial charge in [0.25, 0.3) is 5.91 Å². The topological polar surface area (TPSA) is 54.5 Å². The highest BCUT2D eigenvalue weighted by Gasteiger charge is 2.21. The van der Waals surface area contributed by atoms with E-state index < -0.39 is 6.61 Å². The lowest BCUT2D eigenvalue weighted by atomic mass is 10.0. The molecule has 4 rings (SSSR count). The molecule has 0 radical (unpaired) electrons. The van der Waals surface area contributed by atoms with E-state index in [-0.39, 0.29) is 23.5 Å². The van der Waals surface area contributed by atoms with Crippen LogP contribution < -0.4 is 10.1 Å². The highest BCUT2D eigenvalue weighted by atomic mass is 19.3. The summed E-state index contributed by atoms with van der Waals surface area (Å²) in [4.78, 5) is 19.1. The van der Waals surface area contributed by atoms with Gasteiger partial charge in [0.2, 0.25) is 0 Å². The number of hydrogen-bond acceptors (Lipinski definition) is 4. The largest absolute Gasteiger partial charge is 0.435 e. The fourth-order valence-corrected chi connectivity index (χ4v) is 3.93. The van der Waals surface area contributed by atoms with Crippen LogP contribution in [0.4, 0.5) is 13.2 Å². The van der Waals surface area contributed by atoms with Crippen LogP contribution in [-0.4, -0.2) is 41.5 Å². The van der Waals surface area contributed by atoms with Gasteiger partial charge in [0.15, 0.2) is 0 Å². The molecule has 5 nitrogen and oxygen atoms in total. The number of ether oxygens (including phenoxy) is 1.